The highest BCUT2D eigenvalue weighted by molar-refractivity contribution is 9.10. The van der Waals surface area contributed by atoms with E-state index in [1.54, 1.807) is 24.3 Å². The first-order chi connectivity index (χ1) is 15.0. The summed E-state index contributed by atoms with van der Waals surface area (Å²) in [6, 6.07) is 14.4. The van der Waals surface area contributed by atoms with Gasteiger partial charge < -0.3 is 15.4 Å². The molecule has 1 saturated heterocycles. The summed E-state index contributed by atoms with van der Waals surface area (Å²) in [5.41, 5.74) is 1.79. The number of benzene rings is 2. The Bertz CT molecular complexity index is 927. The zero-order chi connectivity index (χ0) is 22.1. The molecule has 164 valence electrons. The fraction of sp³-hybridized carbons (Fsp3) is 0.318. The van der Waals surface area contributed by atoms with Crippen molar-refractivity contribution in [2.75, 3.05) is 50.0 Å². The van der Waals surface area contributed by atoms with Gasteiger partial charge in [0.25, 0.3) is 5.91 Å². The number of guanidine groups is 1. The van der Waals surface area contributed by atoms with Crippen molar-refractivity contribution in [1.82, 2.24) is 10.2 Å². The van der Waals surface area contributed by atoms with Gasteiger partial charge in [-0.25, -0.2) is 0 Å². The number of morpholine rings is 1. The molecule has 1 heterocycles. The van der Waals surface area contributed by atoms with Gasteiger partial charge in [0.15, 0.2) is 0 Å². The maximum atomic E-state index is 12.8. The van der Waals surface area contributed by atoms with Crippen molar-refractivity contribution in [2.45, 2.75) is 6.92 Å². The number of nitrogens with zero attached hydrogens (tertiary/aromatic N) is 2. The molecule has 2 amide bonds. The Kier molecular flexibility index (Phi) is 8.57. The standard InChI is InChI=1S/C22H26BrN5O3/c1-16(29)25-20-4-2-3-17(15-20)21(30)27-22(26-19-7-5-18(23)6-8-19)24-9-10-28-11-13-31-14-12-28/h2-8,15H,9-14H2,1H3,(H,25,29)(H2,24,26,27,30). The maximum Gasteiger partial charge on any atom is 0.258 e. The predicted octanol–water partition coefficient (Wildman–Crippen LogP) is 2.94. The number of ether oxygens (including phenoxy) is 1. The topological polar surface area (TPSA) is 95.1 Å². The molecule has 2 aromatic rings. The second-order valence-electron chi connectivity index (χ2n) is 7.03. The lowest BCUT2D eigenvalue weighted by molar-refractivity contribution is -0.114. The van der Waals surface area contributed by atoms with Crippen LogP contribution in [0.25, 0.3) is 0 Å². The van der Waals surface area contributed by atoms with Crippen LogP contribution >= 0.6 is 15.9 Å². The van der Waals surface area contributed by atoms with Crippen molar-refractivity contribution in [3.8, 4) is 0 Å². The fourth-order valence-corrected chi connectivity index (χ4v) is 3.29. The smallest absolute Gasteiger partial charge is 0.258 e. The largest absolute Gasteiger partial charge is 0.379 e. The highest BCUT2D eigenvalue weighted by Crippen LogP contribution is 2.14. The number of carbonyl (C=O) groups excluding carboxylic acids is 2. The van der Waals surface area contributed by atoms with Gasteiger partial charge in [0.05, 0.1) is 19.8 Å². The second-order valence-corrected chi connectivity index (χ2v) is 7.95. The van der Waals surface area contributed by atoms with Gasteiger partial charge in [-0.15, -0.1) is 0 Å². The van der Waals surface area contributed by atoms with Crippen LogP contribution in [0.5, 0.6) is 0 Å². The molecule has 0 atom stereocenters. The summed E-state index contributed by atoms with van der Waals surface area (Å²) in [6.45, 7) is 5.96. The normalized spacial score (nSPS) is 14.7. The second kappa shape index (κ2) is 11.6. The maximum absolute atomic E-state index is 12.8. The Hall–Kier alpha value is -2.75. The van der Waals surface area contributed by atoms with Crippen LogP contribution in [-0.4, -0.2) is 62.1 Å². The lowest BCUT2D eigenvalue weighted by atomic mass is 10.2. The number of anilines is 2. The first-order valence-electron chi connectivity index (χ1n) is 10.1. The molecular formula is C22H26BrN5O3. The molecule has 0 unspecified atom stereocenters. The van der Waals surface area contributed by atoms with Crippen LogP contribution in [0.2, 0.25) is 0 Å². The lowest BCUT2D eigenvalue weighted by Crippen LogP contribution is -2.39. The number of aliphatic imine (C=N–C) groups is 1. The van der Waals surface area contributed by atoms with E-state index in [0.29, 0.717) is 23.8 Å². The van der Waals surface area contributed by atoms with Crippen molar-refractivity contribution >= 4 is 45.1 Å². The SMILES string of the molecule is CC(=O)Nc1cccc(C(=O)NC(=NCCN2CCOCC2)Nc2ccc(Br)cc2)c1. The number of hydrogen-bond donors (Lipinski definition) is 3. The summed E-state index contributed by atoms with van der Waals surface area (Å²) in [4.78, 5) is 31.0. The monoisotopic (exact) mass is 487 g/mol. The van der Waals surface area contributed by atoms with Crippen LogP contribution in [0.4, 0.5) is 11.4 Å². The van der Waals surface area contributed by atoms with Crippen molar-refractivity contribution in [3.05, 3.63) is 58.6 Å². The van der Waals surface area contributed by atoms with E-state index in [-0.39, 0.29) is 11.8 Å². The number of hydrogen-bond acceptors (Lipinski definition) is 5. The molecule has 3 N–H and O–H groups in total. The Morgan fingerprint density at radius 2 is 1.81 bits per heavy atom. The molecule has 1 aliphatic heterocycles. The zero-order valence-corrected chi connectivity index (χ0v) is 18.9. The Labute approximate surface area is 190 Å². The lowest BCUT2D eigenvalue weighted by Gasteiger charge is -2.25. The number of amides is 2. The van der Waals surface area contributed by atoms with Crippen molar-refractivity contribution in [2.24, 2.45) is 4.99 Å². The van der Waals surface area contributed by atoms with E-state index in [2.05, 4.69) is 41.8 Å². The molecule has 0 radical (unpaired) electrons. The molecule has 8 nitrogen and oxygen atoms in total. The average Bonchev–Trinajstić information content (AvgIpc) is 2.76. The van der Waals surface area contributed by atoms with Crippen LogP contribution in [-0.2, 0) is 9.53 Å². The molecule has 2 aromatic carbocycles. The summed E-state index contributed by atoms with van der Waals surface area (Å²) in [6.07, 6.45) is 0. The van der Waals surface area contributed by atoms with Crippen LogP contribution in [0, 0.1) is 0 Å². The quantitative estimate of drug-likeness (QED) is 0.430. The molecule has 0 aliphatic carbocycles. The van der Waals surface area contributed by atoms with Gasteiger partial charge in [-0.1, -0.05) is 22.0 Å². The van der Waals surface area contributed by atoms with Crippen molar-refractivity contribution in [3.63, 3.8) is 0 Å². The zero-order valence-electron chi connectivity index (χ0n) is 17.4. The highest BCUT2D eigenvalue weighted by Gasteiger charge is 2.12. The summed E-state index contributed by atoms with van der Waals surface area (Å²) in [5, 5.41) is 8.71. The first-order valence-corrected chi connectivity index (χ1v) is 10.8. The van der Waals surface area contributed by atoms with Gasteiger partial charge in [-0.05, 0) is 42.5 Å². The van der Waals surface area contributed by atoms with E-state index >= 15 is 0 Å². The fourth-order valence-electron chi connectivity index (χ4n) is 3.03. The Morgan fingerprint density at radius 3 is 2.52 bits per heavy atom. The van der Waals surface area contributed by atoms with E-state index in [1.807, 2.05) is 24.3 Å². The van der Waals surface area contributed by atoms with Gasteiger partial charge in [-0.3, -0.25) is 24.8 Å². The number of rotatable bonds is 6. The molecule has 0 spiro atoms. The highest BCUT2D eigenvalue weighted by atomic mass is 79.9. The summed E-state index contributed by atoms with van der Waals surface area (Å²) >= 11 is 3.42. The molecular weight excluding hydrogens is 462 g/mol. The minimum absolute atomic E-state index is 0.195. The molecule has 31 heavy (non-hydrogen) atoms. The van der Waals surface area contributed by atoms with Crippen molar-refractivity contribution < 1.29 is 14.3 Å². The van der Waals surface area contributed by atoms with Gasteiger partial charge in [-0.2, -0.15) is 0 Å². The Balaban J connectivity index is 1.69. The van der Waals surface area contributed by atoms with Crippen LogP contribution in [0.15, 0.2) is 58.0 Å². The molecule has 0 saturated carbocycles. The van der Waals surface area contributed by atoms with Crippen LogP contribution in [0.3, 0.4) is 0 Å². The van der Waals surface area contributed by atoms with E-state index < -0.39 is 0 Å². The van der Waals surface area contributed by atoms with Crippen LogP contribution in [0.1, 0.15) is 17.3 Å². The molecule has 3 rings (SSSR count). The van der Waals surface area contributed by atoms with Gasteiger partial charge in [0.1, 0.15) is 0 Å². The number of halogens is 1. The van der Waals surface area contributed by atoms with E-state index in [1.165, 1.54) is 6.92 Å². The van der Waals surface area contributed by atoms with E-state index in [4.69, 9.17) is 4.74 Å². The average molecular weight is 488 g/mol. The predicted molar refractivity (Wildman–Crippen MR) is 126 cm³/mol. The van der Waals surface area contributed by atoms with Crippen LogP contribution < -0.4 is 16.0 Å². The van der Waals surface area contributed by atoms with Gasteiger partial charge in [0.2, 0.25) is 11.9 Å². The molecule has 1 fully saturated rings. The van der Waals surface area contributed by atoms with Gasteiger partial charge in [0, 0.05) is 48.0 Å². The number of carbonyl (C=O) groups is 2. The third-order valence-corrected chi connectivity index (χ3v) is 5.10. The Morgan fingerprint density at radius 1 is 1.06 bits per heavy atom. The first kappa shape index (κ1) is 22.9. The minimum Gasteiger partial charge on any atom is -0.379 e. The molecule has 0 aromatic heterocycles. The molecule has 1 aliphatic rings. The summed E-state index contributed by atoms with van der Waals surface area (Å²) in [7, 11) is 0. The summed E-state index contributed by atoms with van der Waals surface area (Å²) in [5.74, 6) is -0.146. The third kappa shape index (κ3) is 7.78. The third-order valence-electron chi connectivity index (χ3n) is 4.57. The van der Waals surface area contributed by atoms with Gasteiger partial charge >= 0.3 is 0 Å². The van der Waals surface area contributed by atoms with Crippen molar-refractivity contribution in [1.29, 1.82) is 0 Å². The number of nitrogens with one attached hydrogen (secondary N) is 3. The molecule has 9 heteroatoms. The van der Waals surface area contributed by atoms with E-state index in [9.17, 15) is 9.59 Å². The minimum atomic E-state index is -0.318. The summed E-state index contributed by atoms with van der Waals surface area (Å²) < 4.78 is 6.33. The van der Waals surface area contributed by atoms with E-state index in [0.717, 1.165) is 43.0 Å². The molecule has 0 bridgehead atoms.